The van der Waals surface area contributed by atoms with Gasteiger partial charge < -0.3 is 24.6 Å². The van der Waals surface area contributed by atoms with Crippen LogP contribution in [-0.2, 0) is 0 Å². The molecule has 2 aromatic carbocycles. The van der Waals surface area contributed by atoms with Gasteiger partial charge in [-0.05, 0) is 80.5 Å². The van der Waals surface area contributed by atoms with Crippen molar-refractivity contribution in [2.24, 2.45) is 0 Å². The van der Waals surface area contributed by atoms with Crippen LogP contribution in [0.15, 0.2) is 66.9 Å². The van der Waals surface area contributed by atoms with Crippen LogP contribution in [0.1, 0.15) is 49.7 Å². The highest BCUT2D eigenvalue weighted by molar-refractivity contribution is 7.80. The number of benzene rings is 2. The summed E-state index contributed by atoms with van der Waals surface area (Å²) in [6.45, 7) is 6.67. The van der Waals surface area contributed by atoms with E-state index in [9.17, 15) is 0 Å². The molecule has 2 atom stereocenters. The maximum absolute atomic E-state index is 5.92. The lowest BCUT2D eigenvalue weighted by Crippen LogP contribution is -2.42. The van der Waals surface area contributed by atoms with Crippen molar-refractivity contribution < 1.29 is 9.47 Å². The molecule has 2 aliphatic heterocycles. The van der Waals surface area contributed by atoms with Crippen LogP contribution in [0.5, 0.6) is 11.5 Å². The summed E-state index contributed by atoms with van der Waals surface area (Å²) in [5.41, 5.74) is 6.63. The molecule has 0 radical (unpaired) electrons. The van der Waals surface area contributed by atoms with Gasteiger partial charge in [0.1, 0.15) is 11.5 Å². The summed E-state index contributed by atoms with van der Waals surface area (Å²) in [4.78, 5) is 9.16. The predicted molar refractivity (Wildman–Crippen MR) is 150 cm³/mol. The summed E-state index contributed by atoms with van der Waals surface area (Å²) >= 11 is 5.92. The number of nitrogens with zero attached hydrogens (tertiary/aromatic N) is 3. The third kappa shape index (κ3) is 3.97. The minimum absolute atomic E-state index is 0.0475. The predicted octanol–water partition coefficient (Wildman–Crippen LogP) is 5.91. The molecule has 3 heterocycles. The van der Waals surface area contributed by atoms with Crippen LogP contribution in [0, 0.1) is 0 Å². The van der Waals surface area contributed by atoms with E-state index in [2.05, 4.69) is 72.2 Å². The number of fused-ring (bicyclic) bond motifs is 1. The van der Waals surface area contributed by atoms with Crippen LogP contribution in [0.4, 0.5) is 11.4 Å². The number of hydrogen-bond acceptors (Lipinski definition) is 5. The molecule has 0 aliphatic carbocycles. The van der Waals surface area contributed by atoms with E-state index in [1.807, 2.05) is 42.6 Å². The Bertz CT molecular complexity index is 1340. The minimum Gasteiger partial charge on any atom is -0.497 e. The maximum Gasteiger partial charge on any atom is 0.174 e. The number of anilines is 2. The number of likely N-dealkylation sites (N-methyl/N-ethyl adjacent to an activating group) is 1. The lowest BCUT2D eigenvalue weighted by atomic mass is 9.86. The molecule has 1 N–H and O–H groups in total. The molecule has 0 unspecified atom stereocenters. The van der Waals surface area contributed by atoms with E-state index in [0.717, 1.165) is 22.7 Å². The van der Waals surface area contributed by atoms with E-state index in [1.165, 1.54) is 16.8 Å². The molecule has 7 heteroatoms. The summed E-state index contributed by atoms with van der Waals surface area (Å²) in [6.07, 6.45) is 4.15. The smallest absolute Gasteiger partial charge is 0.174 e. The van der Waals surface area contributed by atoms with Crippen molar-refractivity contribution in [1.82, 2.24) is 10.3 Å². The number of rotatable bonds is 5. The van der Waals surface area contributed by atoms with Crippen molar-refractivity contribution in [3.63, 3.8) is 0 Å². The first-order valence-electron chi connectivity index (χ1n) is 12.1. The van der Waals surface area contributed by atoms with E-state index >= 15 is 0 Å². The van der Waals surface area contributed by atoms with Crippen molar-refractivity contribution in [3.8, 4) is 11.5 Å². The van der Waals surface area contributed by atoms with E-state index < -0.39 is 0 Å². The highest BCUT2D eigenvalue weighted by Crippen LogP contribution is 2.47. The van der Waals surface area contributed by atoms with Gasteiger partial charge in [0.05, 0.1) is 43.2 Å². The Kier molecular flexibility index (Phi) is 6.12. The lowest BCUT2D eigenvalue weighted by molar-refractivity contribution is 0.394. The van der Waals surface area contributed by atoms with Crippen molar-refractivity contribution >= 4 is 34.3 Å². The van der Waals surface area contributed by atoms with Gasteiger partial charge in [-0.25, -0.2) is 0 Å². The number of aromatic nitrogens is 1. The Morgan fingerprint density at radius 2 is 1.78 bits per heavy atom. The van der Waals surface area contributed by atoms with Gasteiger partial charge in [-0.2, -0.15) is 0 Å². The van der Waals surface area contributed by atoms with Crippen LogP contribution < -0.4 is 24.6 Å². The highest BCUT2D eigenvalue weighted by Gasteiger charge is 2.42. The first-order chi connectivity index (χ1) is 17.2. The van der Waals surface area contributed by atoms with Gasteiger partial charge in [0, 0.05) is 30.6 Å². The Morgan fingerprint density at radius 1 is 1.00 bits per heavy atom. The molecule has 1 fully saturated rings. The Labute approximate surface area is 218 Å². The van der Waals surface area contributed by atoms with E-state index in [4.69, 9.17) is 21.7 Å². The number of thiocarbonyl (C=S) groups is 1. The zero-order valence-electron chi connectivity index (χ0n) is 21.6. The van der Waals surface area contributed by atoms with Crippen molar-refractivity contribution in [3.05, 3.63) is 83.7 Å². The summed E-state index contributed by atoms with van der Waals surface area (Å²) in [6, 6.07) is 18.3. The van der Waals surface area contributed by atoms with Crippen molar-refractivity contribution in [1.29, 1.82) is 0 Å². The molecular weight excluding hydrogens is 468 g/mol. The first-order valence-corrected chi connectivity index (χ1v) is 12.5. The molecule has 0 spiro atoms. The quantitative estimate of drug-likeness (QED) is 0.437. The van der Waals surface area contributed by atoms with E-state index in [-0.39, 0.29) is 17.6 Å². The molecule has 0 amide bonds. The zero-order valence-corrected chi connectivity index (χ0v) is 22.4. The molecular formula is C29H32N4O2S. The fraction of sp³-hybridized carbons (Fsp3) is 0.310. The topological polar surface area (TPSA) is 49.9 Å². The second-order valence-corrected chi connectivity index (χ2v) is 10.2. The number of nitrogens with one attached hydrogen (secondary N) is 1. The summed E-state index contributed by atoms with van der Waals surface area (Å²) in [7, 11) is 5.47. The molecule has 5 rings (SSSR count). The number of ether oxygens (including phenoxy) is 2. The maximum atomic E-state index is 5.92. The standard InChI is InChI=1S/C29H32N4O2S/c1-18-17-29(2,3)32(4)23-12-10-19(15-21(18)23)27-26(22-9-7-8-14-30-22)31-28(36)33(27)24-13-11-20(34-5)16-25(24)35-6/h7-17,26-27H,1-6H3,(H,31,36)/t26-,27+/m1/s1. The average molecular weight is 501 g/mol. The third-order valence-corrected chi connectivity index (χ3v) is 7.64. The van der Waals surface area contributed by atoms with Crippen LogP contribution >= 0.6 is 12.2 Å². The summed E-state index contributed by atoms with van der Waals surface area (Å²) < 4.78 is 11.2. The third-order valence-electron chi connectivity index (χ3n) is 7.33. The Hall–Kier alpha value is -3.58. The summed E-state index contributed by atoms with van der Waals surface area (Å²) in [5, 5.41) is 4.17. The monoisotopic (exact) mass is 500 g/mol. The molecule has 36 heavy (non-hydrogen) atoms. The Balaban J connectivity index is 1.68. The van der Waals surface area contributed by atoms with Crippen LogP contribution in [-0.4, -0.2) is 36.9 Å². The van der Waals surface area contributed by atoms with Gasteiger partial charge >= 0.3 is 0 Å². The van der Waals surface area contributed by atoms with Gasteiger partial charge in [-0.1, -0.05) is 18.2 Å². The van der Waals surface area contributed by atoms with Crippen molar-refractivity contribution in [2.45, 2.75) is 38.4 Å². The zero-order chi connectivity index (χ0) is 25.6. The van der Waals surface area contributed by atoms with Crippen molar-refractivity contribution in [2.75, 3.05) is 31.1 Å². The van der Waals surface area contributed by atoms with Crippen LogP contribution in [0.3, 0.4) is 0 Å². The molecule has 1 aromatic heterocycles. The molecule has 2 aliphatic rings. The first kappa shape index (κ1) is 24.1. The normalized spacial score (nSPS) is 20.5. The molecule has 1 saturated heterocycles. The van der Waals surface area contributed by atoms with Crippen LogP contribution in [0.25, 0.3) is 5.57 Å². The van der Waals surface area contributed by atoms with Gasteiger partial charge in [0.15, 0.2) is 5.11 Å². The SMILES string of the molecule is COc1ccc(N2C(=S)N[C@H](c3ccccn3)[C@@H]2c2ccc3c(c2)C(C)=CC(C)(C)N3C)c(OC)c1. The highest BCUT2D eigenvalue weighted by atomic mass is 32.1. The number of hydrogen-bond donors (Lipinski definition) is 1. The van der Waals surface area contributed by atoms with Gasteiger partial charge in [0.2, 0.25) is 0 Å². The molecule has 0 bridgehead atoms. The number of methoxy groups -OCH3 is 2. The number of pyridine rings is 1. The minimum atomic E-state index is -0.134. The van der Waals surface area contributed by atoms with Crippen LogP contribution in [0.2, 0.25) is 0 Å². The van der Waals surface area contributed by atoms with E-state index in [1.54, 1.807) is 14.2 Å². The largest absolute Gasteiger partial charge is 0.497 e. The molecule has 186 valence electrons. The number of allylic oxidation sites excluding steroid dienone is 1. The molecule has 3 aromatic rings. The second-order valence-electron chi connectivity index (χ2n) is 9.85. The Morgan fingerprint density at radius 3 is 2.47 bits per heavy atom. The van der Waals surface area contributed by atoms with Gasteiger partial charge in [-0.15, -0.1) is 0 Å². The second kappa shape index (κ2) is 9.13. The van der Waals surface area contributed by atoms with Gasteiger partial charge in [-0.3, -0.25) is 4.98 Å². The fourth-order valence-electron chi connectivity index (χ4n) is 5.30. The van der Waals surface area contributed by atoms with Gasteiger partial charge in [0.25, 0.3) is 0 Å². The van der Waals surface area contributed by atoms with E-state index in [0.29, 0.717) is 10.9 Å². The molecule has 0 saturated carbocycles. The average Bonchev–Trinajstić information content (AvgIpc) is 3.23. The fourth-order valence-corrected chi connectivity index (χ4v) is 5.64. The lowest BCUT2D eigenvalue weighted by Gasteiger charge is -2.41. The molecule has 6 nitrogen and oxygen atoms in total. The summed E-state index contributed by atoms with van der Waals surface area (Å²) in [5.74, 6) is 1.42.